The van der Waals surface area contributed by atoms with Gasteiger partial charge in [0, 0.05) is 23.9 Å². The molecule has 0 fully saturated rings. The lowest BCUT2D eigenvalue weighted by atomic mass is 10.1. The number of hydrogen-bond donors (Lipinski definition) is 1. The fourth-order valence-electron chi connectivity index (χ4n) is 2.95. The quantitative estimate of drug-likeness (QED) is 0.492. The van der Waals surface area contributed by atoms with Crippen molar-refractivity contribution in [2.45, 2.75) is 33.3 Å². The first-order chi connectivity index (χ1) is 13.5. The van der Waals surface area contributed by atoms with E-state index in [9.17, 15) is 4.79 Å². The number of nitrogens with zero attached hydrogens (tertiary/aromatic N) is 5. The second-order valence-corrected chi connectivity index (χ2v) is 7.21. The van der Waals surface area contributed by atoms with Crippen LogP contribution in [0.3, 0.4) is 0 Å². The summed E-state index contributed by atoms with van der Waals surface area (Å²) >= 11 is 1.56. The highest BCUT2D eigenvalue weighted by atomic mass is 32.1. The largest absolute Gasteiger partial charge is 0.459 e. The van der Waals surface area contributed by atoms with Crippen molar-refractivity contribution in [3.63, 3.8) is 0 Å². The molecule has 0 radical (unpaired) electrons. The Morgan fingerprint density at radius 1 is 1.36 bits per heavy atom. The summed E-state index contributed by atoms with van der Waals surface area (Å²) in [6.07, 6.45) is 0.702. The number of ether oxygens (including phenoxy) is 1. The van der Waals surface area contributed by atoms with Crippen molar-refractivity contribution in [3.8, 4) is 10.6 Å². The summed E-state index contributed by atoms with van der Waals surface area (Å²) in [5.41, 5.74) is 8.79. The number of hydrogen-bond acceptors (Lipinski definition) is 9. The van der Waals surface area contributed by atoms with Crippen LogP contribution in [0.2, 0.25) is 0 Å². The van der Waals surface area contributed by atoms with E-state index in [2.05, 4.69) is 20.2 Å². The van der Waals surface area contributed by atoms with Gasteiger partial charge >= 0.3 is 5.97 Å². The summed E-state index contributed by atoms with van der Waals surface area (Å²) in [5, 5.41) is 10.0. The Balaban J connectivity index is 1.37. The lowest BCUT2D eigenvalue weighted by Crippen LogP contribution is -2.10. The van der Waals surface area contributed by atoms with Gasteiger partial charge in [-0.25, -0.2) is 4.98 Å². The Labute approximate surface area is 164 Å². The van der Waals surface area contributed by atoms with E-state index < -0.39 is 0 Å². The van der Waals surface area contributed by atoms with Gasteiger partial charge in [0.2, 0.25) is 5.95 Å². The molecule has 4 heterocycles. The van der Waals surface area contributed by atoms with Gasteiger partial charge in [-0.05, 0) is 37.3 Å². The zero-order valence-corrected chi connectivity index (χ0v) is 16.2. The second-order valence-electron chi connectivity index (χ2n) is 6.26. The Bertz CT molecular complexity index is 1130. The van der Waals surface area contributed by atoms with Gasteiger partial charge in [-0.3, -0.25) is 4.79 Å². The molecule has 0 aromatic carbocycles. The van der Waals surface area contributed by atoms with Crippen LogP contribution in [0.25, 0.3) is 16.4 Å². The normalized spacial score (nSPS) is 11.2. The molecule has 0 atom stereocenters. The second kappa shape index (κ2) is 7.39. The summed E-state index contributed by atoms with van der Waals surface area (Å²) in [4.78, 5) is 21.6. The minimum atomic E-state index is -0.322. The van der Waals surface area contributed by atoms with E-state index in [4.69, 9.17) is 15.0 Å². The van der Waals surface area contributed by atoms with Crippen LogP contribution in [-0.4, -0.2) is 30.7 Å². The van der Waals surface area contributed by atoms with Crippen LogP contribution in [-0.2, 0) is 22.6 Å². The van der Waals surface area contributed by atoms with Crippen LogP contribution in [0.1, 0.15) is 29.1 Å². The number of esters is 1. The molecule has 0 aliphatic carbocycles. The molecule has 28 heavy (non-hydrogen) atoms. The fourth-order valence-corrected chi connectivity index (χ4v) is 3.63. The lowest BCUT2D eigenvalue weighted by molar-refractivity contribution is -0.145. The highest BCUT2D eigenvalue weighted by molar-refractivity contribution is 7.13. The van der Waals surface area contributed by atoms with E-state index in [1.807, 2.05) is 31.4 Å². The Hall–Kier alpha value is -3.27. The summed E-state index contributed by atoms with van der Waals surface area (Å²) in [5.74, 6) is 0.962. The maximum absolute atomic E-state index is 12.2. The van der Waals surface area contributed by atoms with E-state index >= 15 is 0 Å². The maximum Gasteiger partial charge on any atom is 0.306 e. The van der Waals surface area contributed by atoms with Crippen molar-refractivity contribution in [2.24, 2.45) is 0 Å². The lowest BCUT2D eigenvalue weighted by Gasteiger charge is -2.09. The smallest absolute Gasteiger partial charge is 0.306 e. The van der Waals surface area contributed by atoms with Crippen LogP contribution in [0.15, 0.2) is 28.1 Å². The molecule has 4 rings (SSSR count). The van der Waals surface area contributed by atoms with Crippen LogP contribution in [0, 0.1) is 13.8 Å². The molecule has 0 saturated heterocycles. The minimum absolute atomic E-state index is 0.0720. The van der Waals surface area contributed by atoms with E-state index in [0.29, 0.717) is 23.7 Å². The van der Waals surface area contributed by atoms with Crippen molar-refractivity contribution >= 4 is 29.0 Å². The third-order valence-corrected chi connectivity index (χ3v) is 5.23. The molecule has 2 N–H and O–H groups in total. The SMILES string of the molecule is Cc1nc2nc(N)nn2c(C)c1CCC(=O)OCc1cc(-c2cccs2)on1. The number of thiophene rings is 1. The molecule has 0 unspecified atom stereocenters. The van der Waals surface area contributed by atoms with E-state index in [1.54, 1.807) is 21.9 Å². The number of anilines is 1. The molecular formula is C18H18N6O3S. The van der Waals surface area contributed by atoms with Crippen molar-refractivity contribution in [1.29, 1.82) is 0 Å². The summed E-state index contributed by atoms with van der Waals surface area (Å²) in [6.45, 7) is 3.85. The van der Waals surface area contributed by atoms with Crippen LogP contribution < -0.4 is 5.73 Å². The van der Waals surface area contributed by atoms with Crippen LogP contribution >= 0.6 is 11.3 Å². The number of carbonyl (C=O) groups is 1. The Morgan fingerprint density at radius 2 is 2.21 bits per heavy atom. The van der Waals surface area contributed by atoms with Gasteiger partial charge in [-0.1, -0.05) is 11.2 Å². The van der Waals surface area contributed by atoms with Gasteiger partial charge in [0.25, 0.3) is 5.78 Å². The number of aryl methyl sites for hydroxylation is 2. The first-order valence-electron chi connectivity index (χ1n) is 8.64. The molecule has 0 saturated carbocycles. The predicted molar refractivity (Wildman–Crippen MR) is 103 cm³/mol. The number of nitrogen functional groups attached to an aromatic ring is 1. The van der Waals surface area contributed by atoms with E-state index in [-0.39, 0.29) is 24.9 Å². The number of rotatable bonds is 6. The Kier molecular flexibility index (Phi) is 4.78. The van der Waals surface area contributed by atoms with E-state index in [0.717, 1.165) is 21.8 Å². The van der Waals surface area contributed by atoms with Gasteiger partial charge in [-0.15, -0.1) is 16.4 Å². The average Bonchev–Trinajstić information content (AvgIpc) is 3.39. The summed E-state index contributed by atoms with van der Waals surface area (Å²) in [7, 11) is 0. The first kappa shape index (κ1) is 18.1. The molecule has 0 bridgehead atoms. The number of carbonyl (C=O) groups excluding carboxylic acids is 1. The minimum Gasteiger partial charge on any atom is -0.459 e. The zero-order chi connectivity index (χ0) is 19.7. The van der Waals surface area contributed by atoms with Crippen LogP contribution in [0.4, 0.5) is 5.95 Å². The fraction of sp³-hybridized carbons (Fsp3) is 0.278. The van der Waals surface area contributed by atoms with Crippen LogP contribution in [0.5, 0.6) is 0 Å². The molecule has 10 heteroatoms. The topological polar surface area (TPSA) is 121 Å². The molecular weight excluding hydrogens is 380 g/mol. The van der Waals surface area contributed by atoms with Crippen molar-refractivity contribution in [1.82, 2.24) is 24.7 Å². The zero-order valence-electron chi connectivity index (χ0n) is 15.4. The molecule has 0 aliphatic heterocycles. The van der Waals surface area contributed by atoms with Gasteiger partial charge in [0.15, 0.2) is 5.76 Å². The van der Waals surface area contributed by atoms with Gasteiger partial charge in [0.1, 0.15) is 12.3 Å². The molecule has 0 aliphatic rings. The average molecular weight is 398 g/mol. The van der Waals surface area contributed by atoms with Crippen molar-refractivity contribution in [2.75, 3.05) is 5.73 Å². The van der Waals surface area contributed by atoms with Crippen molar-refractivity contribution < 1.29 is 14.1 Å². The summed E-state index contributed by atoms with van der Waals surface area (Å²) in [6, 6.07) is 5.66. The third kappa shape index (κ3) is 3.58. The number of fused-ring (bicyclic) bond motifs is 1. The first-order valence-corrected chi connectivity index (χ1v) is 9.52. The molecule has 0 amide bonds. The monoisotopic (exact) mass is 398 g/mol. The van der Waals surface area contributed by atoms with Gasteiger partial charge in [-0.2, -0.15) is 9.50 Å². The van der Waals surface area contributed by atoms with Crippen molar-refractivity contribution in [3.05, 3.63) is 46.2 Å². The molecule has 4 aromatic rings. The predicted octanol–water partition coefficient (Wildman–Crippen LogP) is 2.72. The molecule has 144 valence electrons. The number of aromatic nitrogens is 5. The highest BCUT2D eigenvalue weighted by Gasteiger charge is 2.15. The standard InChI is InChI=1S/C18H18N6O3S/c1-10-13(11(2)24-18(20-10)21-17(19)22-24)5-6-16(25)26-9-12-8-14(27-23-12)15-4-3-7-28-15/h3-4,7-8H,5-6,9H2,1-2H3,(H2,19,22). The molecule has 0 spiro atoms. The van der Waals surface area contributed by atoms with Gasteiger partial charge in [0.05, 0.1) is 4.88 Å². The molecule has 4 aromatic heterocycles. The Morgan fingerprint density at radius 3 is 3.00 bits per heavy atom. The van der Waals surface area contributed by atoms with Gasteiger partial charge < -0.3 is 15.0 Å². The maximum atomic E-state index is 12.2. The third-order valence-electron chi connectivity index (χ3n) is 4.35. The van der Waals surface area contributed by atoms with E-state index in [1.165, 1.54) is 0 Å². The molecule has 9 nitrogen and oxygen atoms in total. The highest BCUT2D eigenvalue weighted by Crippen LogP contribution is 2.25. The number of nitrogens with two attached hydrogens (primary N) is 1. The summed E-state index contributed by atoms with van der Waals surface area (Å²) < 4.78 is 12.2.